The average Bonchev–Trinajstić information content (AvgIpc) is 2.76. The van der Waals surface area contributed by atoms with Gasteiger partial charge in [-0.3, -0.25) is 9.59 Å². The van der Waals surface area contributed by atoms with Crippen LogP contribution in [0.3, 0.4) is 0 Å². The molecule has 0 saturated carbocycles. The van der Waals surface area contributed by atoms with Crippen molar-refractivity contribution in [2.75, 3.05) is 32.2 Å². The number of methoxy groups -OCH3 is 1. The van der Waals surface area contributed by atoms with E-state index in [-0.39, 0.29) is 25.0 Å². The van der Waals surface area contributed by atoms with E-state index in [2.05, 4.69) is 11.9 Å². The van der Waals surface area contributed by atoms with Crippen molar-refractivity contribution in [2.24, 2.45) is 0 Å². The SMILES string of the molecule is C=CCc1ccc(OCC(=O)N2CC(C(=O)NC)Oc3ccccc32)c(OC)c1. The first-order valence-electron chi connectivity index (χ1n) is 9.25. The first kappa shape index (κ1) is 20.3. The number of ether oxygens (including phenoxy) is 3. The van der Waals surface area contributed by atoms with E-state index in [9.17, 15) is 9.59 Å². The van der Waals surface area contributed by atoms with Gasteiger partial charge in [-0.25, -0.2) is 0 Å². The van der Waals surface area contributed by atoms with Crippen LogP contribution in [0.15, 0.2) is 55.1 Å². The molecule has 3 rings (SSSR count). The number of likely N-dealkylation sites (N-methyl/N-ethyl adjacent to an activating group) is 1. The normalized spacial score (nSPS) is 15.0. The summed E-state index contributed by atoms with van der Waals surface area (Å²) in [6.07, 6.45) is 1.73. The molecule has 7 nitrogen and oxygen atoms in total. The second-order valence-electron chi connectivity index (χ2n) is 6.46. The van der Waals surface area contributed by atoms with Gasteiger partial charge >= 0.3 is 0 Å². The van der Waals surface area contributed by atoms with Gasteiger partial charge in [0.05, 0.1) is 19.3 Å². The van der Waals surface area contributed by atoms with Crippen molar-refractivity contribution in [3.05, 3.63) is 60.7 Å². The van der Waals surface area contributed by atoms with E-state index in [0.717, 1.165) is 5.56 Å². The fraction of sp³-hybridized carbons (Fsp3) is 0.273. The molecule has 2 aromatic carbocycles. The molecule has 1 unspecified atom stereocenters. The van der Waals surface area contributed by atoms with Gasteiger partial charge in [0.25, 0.3) is 11.8 Å². The first-order chi connectivity index (χ1) is 14.1. The highest BCUT2D eigenvalue weighted by Gasteiger charge is 2.33. The average molecular weight is 396 g/mol. The number of carbonyl (C=O) groups excluding carboxylic acids is 2. The van der Waals surface area contributed by atoms with Gasteiger partial charge in [0.2, 0.25) is 0 Å². The Kier molecular flexibility index (Phi) is 6.39. The molecule has 1 aliphatic rings. The Bertz CT molecular complexity index is 912. The lowest BCUT2D eigenvalue weighted by atomic mass is 10.1. The summed E-state index contributed by atoms with van der Waals surface area (Å²) in [5.74, 6) is 0.914. The molecule has 7 heteroatoms. The minimum atomic E-state index is -0.786. The molecule has 1 N–H and O–H groups in total. The highest BCUT2D eigenvalue weighted by atomic mass is 16.5. The van der Waals surface area contributed by atoms with Crippen LogP contribution in [-0.2, 0) is 16.0 Å². The van der Waals surface area contributed by atoms with Crippen molar-refractivity contribution >= 4 is 17.5 Å². The lowest BCUT2D eigenvalue weighted by Crippen LogP contribution is -2.51. The van der Waals surface area contributed by atoms with Crippen molar-refractivity contribution in [1.82, 2.24) is 5.32 Å². The maximum Gasteiger partial charge on any atom is 0.265 e. The maximum absolute atomic E-state index is 12.9. The van der Waals surface area contributed by atoms with Crippen LogP contribution >= 0.6 is 0 Å². The number of benzene rings is 2. The Labute approximate surface area is 169 Å². The highest BCUT2D eigenvalue weighted by Crippen LogP contribution is 2.34. The molecule has 2 aromatic rings. The molecule has 0 fully saturated rings. The summed E-state index contributed by atoms with van der Waals surface area (Å²) in [5, 5.41) is 2.56. The first-order valence-corrected chi connectivity index (χ1v) is 9.25. The van der Waals surface area contributed by atoms with Crippen LogP contribution < -0.4 is 24.4 Å². The molecule has 2 amide bonds. The van der Waals surface area contributed by atoms with E-state index in [4.69, 9.17) is 14.2 Å². The second kappa shape index (κ2) is 9.14. The molecule has 0 aromatic heterocycles. The predicted octanol–water partition coefficient (Wildman–Crippen LogP) is 2.34. The number of fused-ring (bicyclic) bond motifs is 1. The summed E-state index contributed by atoms with van der Waals surface area (Å²) in [7, 11) is 3.08. The van der Waals surface area contributed by atoms with Crippen LogP contribution in [0.5, 0.6) is 17.2 Å². The molecule has 1 heterocycles. The van der Waals surface area contributed by atoms with Crippen molar-refractivity contribution in [1.29, 1.82) is 0 Å². The number of para-hydroxylation sites is 2. The molecule has 0 spiro atoms. The minimum Gasteiger partial charge on any atom is -0.493 e. The van der Waals surface area contributed by atoms with Crippen molar-refractivity contribution < 1.29 is 23.8 Å². The topological polar surface area (TPSA) is 77.1 Å². The number of allylic oxidation sites excluding steroid dienone is 1. The molecule has 152 valence electrons. The number of carbonyl (C=O) groups is 2. The van der Waals surface area contributed by atoms with Gasteiger partial charge < -0.3 is 24.4 Å². The zero-order valence-corrected chi connectivity index (χ0v) is 16.5. The number of amides is 2. The lowest BCUT2D eigenvalue weighted by Gasteiger charge is -2.33. The maximum atomic E-state index is 12.9. The van der Waals surface area contributed by atoms with Gasteiger partial charge in [0, 0.05) is 7.05 Å². The molecule has 0 saturated heterocycles. The Balaban J connectivity index is 1.76. The molecule has 0 bridgehead atoms. The zero-order chi connectivity index (χ0) is 20.8. The van der Waals surface area contributed by atoms with Crippen molar-refractivity contribution in [3.8, 4) is 17.2 Å². The Morgan fingerprint density at radius 3 is 2.79 bits per heavy atom. The van der Waals surface area contributed by atoms with Gasteiger partial charge in [-0.15, -0.1) is 6.58 Å². The molecule has 1 aliphatic heterocycles. The number of anilines is 1. The summed E-state index contributed by atoms with van der Waals surface area (Å²) < 4.78 is 16.8. The fourth-order valence-corrected chi connectivity index (χ4v) is 3.11. The summed E-state index contributed by atoms with van der Waals surface area (Å²) in [4.78, 5) is 26.5. The third-order valence-electron chi connectivity index (χ3n) is 4.57. The van der Waals surface area contributed by atoms with Crippen LogP contribution in [0.1, 0.15) is 5.56 Å². The minimum absolute atomic E-state index is 0.105. The second-order valence-corrected chi connectivity index (χ2v) is 6.46. The third-order valence-corrected chi connectivity index (χ3v) is 4.57. The molecule has 0 radical (unpaired) electrons. The number of nitrogens with zero attached hydrogens (tertiary/aromatic N) is 1. The Hall–Kier alpha value is -3.48. The van der Waals surface area contributed by atoms with E-state index < -0.39 is 6.10 Å². The van der Waals surface area contributed by atoms with Gasteiger partial charge in [-0.1, -0.05) is 24.3 Å². The van der Waals surface area contributed by atoms with Gasteiger partial charge in [-0.2, -0.15) is 0 Å². The van der Waals surface area contributed by atoms with E-state index in [1.807, 2.05) is 18.2 Å². The van der Waals surface area contributed by atoms with Crippen LogP contribution in [0, 0.1) is 0 Å². The predicted molar refractivity (Wildman–Crippen MR) is 110 cm³/mol. The Morgan fingerprint density at radius 2 is 2.07 bits per heavy atom. The van der Waals surface area contributed by atoms with E-state index in [1.165, 1.54) is 11.9 Å². The largest absolute Gasteiger partial charge is 0.493 e. The van der Waals surface area contributed by atoms with Crippen LogP contribution in [0.25, 0.3) is 0 Å². The molecular formula is C22H24N2O5. The monoisotopic (exact) mass is 396 g/mol. The highest BCUT2D eigenvalue weighted by molar-refractivity contribution is 5.98. The summed E-state index contributed by atoms with van der Waals surface area (Å²) in [6, 6.07) is 12.6. The zero-order valence-electron chi connectivity index (χ0n) is 16.5. The van der Waals surface area contributed by atoms with Crippen LogP contribution in [0.2, 0.25) is 0 Å². The molecule has 29 heavy (non-hydrogen) atoms. The number of nitrogens with one attached hydrogen (secondary N) is 1. The number of hydrogen-bond donors (Lipinski definition) is 1. The quantitative estimate of drug-likeness (QED) is 0.727. The molecular weight excluding hydrogens is 372 g/mol. The third kappa shape index (κ3) is 4.51. The van der Waals surface area contributed by atoms with Gasteiger partial charge in [-0.05, 0) is 36.2 Å². The fourth-order valence-electron chi connectivity index (χ4n) is 3.11. The van der Waals surface area contributed by atoms with E-state index in [1.54, 1.807) is 37.5 Å². The van der Waals surface area contributed by atoms with Crippen LogP contribution in [-0.4, -0.2) is 45.2 Å². The van der Waals surface area contributed by atoms with Crippen molar-refractivity contribution in [2.45, 2.75) is 12.5 Å². The lowest BCUT2D eigenvalue weighted by molar-refractivity contribution is -0.128. The number of rotatable bonds is 7. The summed E-state index contributed by atoms with van der Waals surface area (Å²) in [5.41, 5.74) is 1.64. The van der Waals surface area contributed by atoms with Crippen LogP contribution in [0.4, 0.5) is 5.69 Å². The smallest absolute Gasteiger partial charge is 0.265 e. The summed E-state index contributed by atoms with van der Waals surface area (Å²) in [6.45, 7) is 3.63. The van der Waals surface area contributed by atoms with Crippen molar-refractivity contribution in [3.63, 3.8) is 0 Å². The van der Waals surface area contributed by atoms with E-state index >= 15 is 0 Å². The number of hydrogen-bond acceptors (Lipinski definition) is 5. The standard InChI is InChI=1S/C22H24N2O5/c1-4-7-15-10-11-18(19(12-15)27-3)28-14-21(25)24-13-20(22(26)23-2)29-17-9-6-5-8-16(17)24/h4-6,8-12,20H,1,7,13-14H2,2-3H3,(H,23,26). The Morgan fingerprint density at radius 1 is 1.28 bits per heavy atom. The van der Waals surface area contributed by atoms with Gasteiger partial charge in [0.1, 0.15) is 5.75 Å². The van der Waals surface area contributed by atoms with E-state index in [0.29, 0.717) is 29.4 Å². The summed E-state index contributed by atoms with van der Waals surface area (Å²) >= 11 is 0. The molecule has 0 aliphatic carbocycles. The molecule has 1 atom stereocenters. The van der Waals surface area contributed by atoms with Gasteiger partial charge in [0.15, 0.2) is 24.2 Å².